The molecule has 19 heavy (non-hydrogen) atoms. The summed E-state index contributed by atoms with van der Waals surface area (Å²) in [6.45, 7) is 0. The highest BCUT2D eigenvalue weighted by Gasteiger charge is 2.21. The Morgan fingerprint density at radius 1 is 1.05 bits per heavy atom. The molecule has 0 aliphatic rings. The summed E-state index contributed by atoms with van der Waals surface area (Å²) < 4.78 is 52.5. The molecule has 2 aromatic carbocycles. The van der Waals surface area contributed by atoms with Crippen molar-refractivity contribution in [1.82, 2.24) is 0 Å². The van der Waals surface area contributed by atoms with Crippen molar-refractivity contribution in [3.8, 4) is 0 Å². The van der Waals surface area contributed by atoms with E-state index in [0.717, 1.165) is 18.2 Å². The Bertz CT molecular complexity index is 717. The summed E-state index contributed by atoms with van der Waals surface area (Å²) in [6, 6.07) is 8.86. The van der Waals surface area contributed by atoms with Crippen molar-refractivity contribution in [2.24, 2.45) is 0 Å². The largest absolute Gasteiger partial charge is 0.399 e. The molecule has 0 aliphatic carbocycles. The highest BCUT2D eigenvalue weighted by atomic mass is 32.2. The molecule has 0 atom stereocenters. The number of sulfonamides is 1. The van der Waals surface area contributed by atoms with Gasteiger partial charge in [0.15, 0.2) is 11.6 Å². The molecule has 0 saturated carbocycles. The molecule has 0 saturated heterocycles. The molecule has 0 heterocycles. The van der Waals surface area contributed by atoms with Crippen LogP contribution in [0.3, 0.4) is 0 Å². The number of rotatable bonds is 3. The molecular weight excluding hydrogens is 274 g/mol. The molecule has 2 rings (SSSR count). The fourth-order valence-corrected chi connectivity index (χ4v) is 2.64. The molecule has 0 unspecified atom stereocenters. The number of anilines is 2. The molecule has 7 heteroatoms. The summed E-state index contributed by atoms with van der Waals surface area (Å²) in [4.78, 5) is -0.755. The molecule has 3 N–H and O–H groups in total. The number of benzene rings is 2. The van der Waals surface area contributed by atoms with E-state index < -0.39 is 26.6 Å². The van der Waals surface area contributed by atoms with Crippen molar-refractivity contribution in [1.29, 1.82) is 0 Å². The van der Waals surface area contributed by atoms with Gasteiger partial charge in [0.2, 0.25) is 0 Å². The first-order chi connectivity index (χ1) is 8.90. The lowest BCUT2D eigenvalue weighted by atomic mass is 10.3. The van der Waals surface area contributed by atoms with Crippen molar-refractivity contribution in [3.05, 3.63) is 54.1 Å². The third-order valence-corrected chi connectivity index (χ3v) is 3.74. The third-order valence-electron chi connectivity index (χ3n) is 2.34. The minimum Gasteiger partial charge on any atom is -0.399 e. The molecule has 2 aromatic rings. The lowest BCUT2D eigenvalue weighted by Crippen LogP contribution is -2.15. The van der Waals surface area contributed by atoms with Crippen LogP contribution in [0.5, 0.6) is 0 Å². The zero-order valence-corrected chi connectivity index (χ0v) is 10.4. The van der Waals surface area contributed by atoms with Crippen LogP contribution in [0, 0.1) is 11.6 Å². The number of hydrogen-bond acceptors (Lipinski definition) is 3. The van der Waals surface area contributed by atoms with E-state index in [1.165, 1.54) is 18.2 Å². The molecule has 0 fully saturated rings. The van der Waals surface area contributed by atoms with Crippen LogP contribution in [0.2, 0.25) is 0 Å². The van der Waals surface area contributed by atoms with Gasteiger partial charge in [-0.15, -0.1) is 0 Å². The molecule has 0 aromatic heterocycles. The second-order valence-electron chi connectivity index (χ2n) is 3.78. The second-order valence-corrected chi connectivity index (χ2v) is 5.43. The standard InChI is InChI=1S/C12H10F2N2O2S/c13-10-5-2-6-11(12(10)14)19(17,18)16-9-4-1-3-8(15)7-9/h1-7,16H,15H2. The number of nitrogen functional groups attached to an aromatic ring is 1. The van der Waals surface area contributed by atoms with Crippen LogP contribution >= 0.6 is 0 Å². The summed E-state index contributed by atoms with van der Waals surface area (Å²) in [5.74, 6) is -2.64. The normalized spacial score (nSPS) is 11.3. The SMILES string of the molecule is Nc1cccc(NS(=O)(=O)c2cccc(F)c2F)c1. The van der Waals surface area contributed by atoms with Crippen LogP contribution in [0.15, 0.2) is 47.4 Å². The zero-order valence-electron chi connectivity index (χ0n) is 9.60. The van der Waals surface area contributed by atoms with E-state index >= 15 is 0 Å². The molecule has 0 spiro atoms. The van der Waals surface area contributed by atoms with Crippen molar-refractivity contribution < 1.29 is 17.2 Å². The summed E-state index contributed by atoms with van der Waals surface area (Å²) in [5.41, 5.74) is 6.02. The van der Waals surface area contributed by atoms with Crippen LogP contribution in [-0.4, -0.2) is 8.42 Å². The van der Waals surface area contributed by atoms with Gasteiger partial charge >= 0.3 is 0 Å². The van der Waals surface area contributed by atoms with Crippen molar-refractivity contribution >= 4 is 21.4 Å². The van der Waals surface area contributed by atoms with E-state index in [-0.39, 0.29) is 5.69 Å². The molecule has 0 bridgehead atoms. The first kappa shape index (κ1) is 13.3. The monoisotopic (exact) mass is 284 g/mol. The lowest BCUT2D eigenvalue weighted by molar-refractivity contribution is 0.485. The zero-order chi connectivity index (χ0) is 14.0. The van der Waals surface area contributed by atoms with Crippen molar-refractivity contribution in [2.75, 3.05) is 10.5 Å². The van der Waals surface area contributed by atoms with E-state index in [1.54, 1.807) is 6.07 Å². The molecule has 100 valence electrons. The summed E-state index contributed by atoms with van der Waals surface area (Å²) in [6.07, 6.45) is 0. The average molecular weight is 284 g/mol. The van der Waals surface area contributed by atoms with E-state index in [2.05, 4.69) is 4.72 Å². The lowest BCUT2D eigenvalue weighted by Gasteiger charge is -2.09. The predicted octanol–water partition coefficient (Wildman–Crippen LogP) is 2.35. The number of hydrogen-bond donors (Lipinski definition) is 2. The molecule has 0 amide bonds. The van der Waals surface area contributed by atoms with E-state index in [1.807, 2.05) is 0 Å². The van der Waals surface area contributed by atoms with Gasteiger partial charge < -0.3 is 5.73 Å². The van der Waals surface area contributed by atoms with Crippen LogP contribution in [0.25, 0.3) is 0 Å². The number of nitrogens with one attached hydrogen (secondary N) is 1. The van der Waals surface area contributed by atoms with Crippen LogP contribution < -0.4 is 10.5 Å². The van der Waals surface area contributed by atoms with E-state index in [4.69, 9.17) is 5.73 Å². The molecule has 0 aliphatic heterocycles. The highest BCUT2D eigenvalue weighted by Crippen LogP contribution is 2.21. The van der Waals surface area contributed by atoms with Gasteiger partial charge in [-0.3, -0.25) is 4.72 Å². The quantitative estimate of drug-likeness (QED) is 0.850. The van der Waals surface area contributed by atoms with E-state index in [0.29, 0.717) is 5.69 Å². The van der Waals surface area contributed by atoms with Gasteiger partial charge in [-0.05, 0) is 30.3 Å². The van der Waals surface area contributed by atoms with Crippen molar-refractivity contribution in [3.63, 3.8) is 0 Å². The fraction of sp³-hybridized carbons (Fsp3) is 0. The summed E-state index contributed by atoms with van der Waals surface area (Å²) >= 11 is 0. The average Bonchev–Trinajstić information content (AvgIpc) is 2.32. The van der Waals surface area contributed by atoms with Gasteiger partial charge in [0.25, 0.3) is 10.0 Å². The predicted molar refractivity (Wildman–Crippen MR) is 68.0 cm³/mol. The Morgan fingerprint density at radius 3 is 2.42 bits per heavy atom. The number of nitrogens with two attached hydrogens (primary N) is 1. The fourth-order valence-electron chi connectivity index (χ4n) is 1.50. The smallest absolute Gasteiger partial charge is 0.264 e. The topological polar surface area (TPSA) is 72.2 Å². The van der Waals surface area contributed by atoms with Crippen molar-refractivity contribution in [2.45, 2.75) is 4.90 Å². The maximum Gasteiger partial charge on any atom is 0.264 e. The Labute approximate surface area is 108 Å². The summed E-state index contributed by atoms with van der Waals surface area (Å²) in [7, 11) is -4.20. The first-order valence-electron chi connectivity index (χ1n) is 5.22. The third kappa shape index (κ3) is 2.82. The minimum absolute atomic E-state index is 0.170. The Balaban J connectivity index is 2.41. The van der Waals surface area contributed by atoms with E-state index in [9.17, 15) is 17.2 Å². The molecular formula is C12H10F2N2O2S. The Hall–Kier alpha value is -2.15. The maximum absolute atomic E-state index is 13.5. The highest BCUT2D eigenvalue weighted by molar-refractivity contribution is 7.92. The van der Waals surface area contributed by atoms with Gasteiger partial charge in [0.05, 0.1) is 5.69 Å². The maximum atomic E-state index is 13.5. The minimum atomic E-state index is -4.20. The van der Waals surface area contributed by atoms with Gasteiger partial charge in [0, 0.05) is 5.69 Å². The van der Waals surface area contributed by atoms with Crippen LogP contribution in [-0.2, 0) is 10.0 Å². The van der Waals surface area contributed by atoms with Crippen LogP contribution in [0.4, 0.5) is 20.2 Å². The first-order valence-corrected chi connectivity index (χ1v) is 6.71. The van der Waals surface area contributed by atoms with Gasteiger partial charge in [-0.25, -0.2) is 17.2 Å². The molecule has 4 nitrogen and oxygen atoms in total. The Kier molecular flexibility index (Phi) is 3.39. The van der Waals surface area contributed by atoms with Crippen LogP contribution in [0.1, 0.15) is 0 Å². The van der Waals surface area contributed by atoms with Gasteiger partial charge in [-0.1, -0.05) is 12.1 Å². The second kappa shape index (κ2) is 4.85. The number of halogens is 2. The molecule has 0 radical (unpaired) electrons. The summed E-state index contributed by atoms with van der Waals surface area (Å²) in [5, 5.41) is 0. The van der Waals surface area contributed by atoms with Gasteiger partial charge in [-0.2, -0.15) is 0 Å². The van der Waals surface area contributed by atoms with Gasteiger partial charge in [0.1, 0.15) is 4.90 Å². The Morgan fingerprint density at radius 2 is 1.74 bits per heavy atom.